The van der Waals surface area contributed by atoms with Crippen LogP contribution in [0.3, 0.4) is 0 Å². The van der Waals surface area contributed by atoms with Gasteiger partial charge in [0.15, 0.2) is 5.96 Å². The SMILES string of the molecule is CN=C(NCc1ncc(C)s1)NCC1(c2cccc(C)c2)CCCC1. The molecule has 1 fully saturated rings. The van der Waals surface area contributed by atoms with Gasteiger partial charge in [0.25, 0.3) is 0 Å². The predicted molar refractivity (Wildman–Crippen MR) is 106 cm³/mol. The van der Waals surface area contributed by atoms with Crippen LogP contribution in [0, 0.1) is 13.8 Å². The maximum atomic E-state index is 4.40. The fourth-order valence-corrected chi connectivity index (χ4v) is 4.44. The molecular formula is C20H28N4S. The van der Waals surface area contributed by atoms with Gasteiger partial charge in [0.05, 0.1) is 6.54 Å². The molecule has 0 spiro atoms. The molecule has 1 aromatic carbocycles. The molecule has 0 bridgehead atoms. The second-order valence-corrected chi connectivity index (χ2v) is 8.32. The lowest BCUT2D eigenvalue weighted by molar-refractivity contribution is 0.431. The van der Waals surface area contributed by atoms with E-state index in [-0.39, 0.29) is 5.41 Å². The number of aryl methyl sites for hydroxylation is 2. The van der Waals surface area contributed by atoms with Crippen molar-refractivity contribution < 1.29 is 0 Å². The first kappa shape index (κ1) is 17.9. The Balaban J connectivity index is 1.64. The summed E-state index contributed by atoms with van der Waals surface area (Å²) in [5.74, 6) is 0.854. The van der Waals surface area contributed by atoms with Gasteiger partial charge < -0.3 is 10.6 Å². The highest BCUT2D eigenvalue weighted by molar-refractivity contribution is 7.11. The van der Waals surface area contributed by atoms with Gasteiger partial charge in [-0.25, -0.2) is 4.98 Å². The Kier molecular flexibility index (Phi) is 5.74. The van der Waals surface area contributed by atoms with Crippen LogP contribution in [0.15, 0.2) is 35.5 Å². The number of nitrogens with one attached hydrogen (secondary N) is 2. The molecule has 0 atom stereocenters. The third kappa shape index (κ3) is 4.40. The van der Waals surface area contributed by atoms with Gasteiger partial charge >= 0.3 is 0 Å². The molecule has 0 unspecified atom stereocenters. The zero-order valence-corrected chi connectivity index (χ0v) is 16.2. The van der Waals surface area contributed by atoms with E-state index in [1.165, 1.54) is 41.7 Å². The smallest absolute Gasteiger partial charge is 0.191 e. The van der Waals surface area contributed by atoms with Gasteiger partial charge in [-0.1, -0.05) is 42.7 Å². The fraction of sp³-hybridized carbons (Fsp3) is 0.500. The summed E-state index contributed by atoms with van der Waals surface area (Å²) in [6.07, 6.45) is 7.02. The summed E-state index contributed by atoms with van der Waals surface area (Å²) in [7, 11) is 1.83. The number of aromatic nitrogens is 1. The number of nitrogens with zero attached hydrogens (tertiary/aromatic N) is 2. The zero-order chi connectivity index (χ0) is 17.7. The number of aliphatic imine (C=N–C) groups is 1. The monoisotopic (exact) mass is 356 g/mol. The topological polar surface area (TPSA) is 49.3 Å². The van der Waals surface area contributed by atoms with Crippen molar-refractivity contribution in [2.45, 2.75) is 51.5 Å². The summed E-state index contributed by atoms with van der Waals surface area (Å²) < 4.78 is 0. The molecular weight excluding hydrogens is 328 g/mol. The molecule has 0 saturated heterocycles. The molecule has 0 radical (unpaired) electrons. The maximum absolute atomic E-state index is 4.40. The third-order valence-electron chi connectivity index (χ3n) is 5.09. The van der Waals surface area contributed by atoms with Crippen LogP contribution in [0.4, 0.5) is 0 Å². The molecule has 134 valence electrons. The predicted octanol–water partition coefficient (Wildman–Crippen LogP) is 3.94. The van der Waals surface area contributed by atoms with E-state index in [1.54, 1.807) is 11.3 Å². The van der Waals surface area contributed by atoms with Crippen molar-refractivity contribution in [1.29, 1.82) is 0 Å². The van der Waals surface area contributed by atoms with Crippen molar-refractivity contribution in [3.8, 4) is 0 Å². The minimum atomic E-state index is 0.224. The molecule has 2 N–H and O–H groups in total. The van der Waals surface area contributed by atoms with Crippen LogP contribution in [-0.2, 0) is 12.0 Å². The van der Waals surface area contributed by atoms with Crippen molar-refractivity contribution in [1.82, 2.24) is 15.6 Å². The van der Waals surface area contributed by atoms with Crippen molar-refractivity contribution in [2.75, 3.05) is 13.6 Å². The second-order valence-electron chi connectivity index (χ2n) is 7.00. The van der Waals surface area contributed by atoms with E-state index in [2.05, 4.69) is 58.7 Å². The van der Waals surface area contributed by atoms with Gasteiger partial charge in [-0.2, -0.15) is 0 Å². The van der Waals surface area contributed by atoms with Crippen molar-refractivity contribution in [3.63, 3.8) is 0 Å². The Hall–Kier alpha value is -1.88. The van der Waals surface area contributed by atoms with Gasteiger partial charge in [-0.15, -0.1) is 11.3 Å². The van der Waals surface area contributed by atoms with Crippen molar-refractivity contribution in [2.24, 2.45) is 4.99 Å². The molecule has 2 aromatic rings. The largest absolute Gasteiger partial charge is 0.356 e. The van der Waals surface area contributed by atoms with Gasteiger partial charge in [-0.05, 0) is 32.3 Å². The Bertz CT molecular complexity index is 729. The summed E-state index contributed by atoms with van der Waals surface area (Å²) >= 11 is 1.72. The Labute approximate surface area is 154 Å². The molecule has 1 aliphatic rings. The lowest BCUT2D eigenvalue weighted by atomic mass is 9.78. The van der Waals surface area contributed by atoms with E-state index >= 15 is 0 Å². The van der Waals surface area contributed by atoms with E-state index in [0.29, 0.717) is 0 Å². The summed E-state index contributed by atoms with van der Waals surface area (Å²) in [6.45, 7) is 5.90. The molecule has 4 nitrogen and oxygen atoms in total. The molecule has 0 amide bonds. The van der Waals surface area contributed by atoms with Crippen LogP contribution in [0.25, 0.3) is 0 Å². The fourth-order valence-electron chi connectivity index (χ4n) is 3.71. The number of hydrogen-bond acceptors (Lipinski definition) is 3. The number of benzene rings is 1. The maximum Gasteiger partial charge on any atom is 0.191 e. The summed E-state index contributed by atoms with van der Waals surface area (Å²) in [5, 5.41) is 8.05. The Morgan fingerprint density at radius 2 is 2.04 bits per heavy atom. The highest BCUT2D eigenvalue weighted by Gasteiger charge is 2.35. The minimum Gasteiger partial charge on any atom is -0.356 e. The van der Waals surface area contributed by atoms with E-state index in [0.717, 1.165) is 24.1 Å². The van der Waals surface area contributed by atoms with E-state index in [4.69, 9.17) is 0 Å². The summed E-state index contributed by atoms with van der Waals surface area (Å²) in [6, 6.07) is 8.99. The summed E-state index contributed by atoms with van der Waals surface area (Å²) in [5.41, 5.74) is 3.02. The average Bonchev–Trinajstić information content (AvgIpc) is 3.25. The zero-order valence-electron chi connectivity index (χ0n) is 15.4. The number of rotatable bonds is 5. The first-order valence-corrected chi connectivity index (χ1v) is 9.86. The molecule has 1 saturated carbocycles. The molecule has 1 heterocycles. The molecule has 1 aromatic heterocycles. The first-order chi connectivity index (χ1) is 12.1. The highest BCUT2D eigenvalue weighted by Crippen LogP contribution is 2.40. The van der Waals surface area contributed by atoms with E-state index in [1.807, 2.05) is 13.2 Å². The van der Waals surface area contributed by atoms with Crippen LogP contribution < -0.4 is 10.6 Å². The van der Waals surface area contributed by atoms with Crippen LogP contribution in [0.5, 0.6) is 0 Å². The molecule has 0 aliphatic heterocycles. The van der Waals surface area contributed by atoms with Crippen LogP contribution in [0.2, 0.25) is 0 Å². The second kappa shape index (κ2) is 8.00. The van der Waals surface area contributed by atoms with E-state index < -0.39 is 0 Å². The minimum absolute atomic E-state index is 0.224. The number of guanidine groups is 1. The summed E-state index contributed by atoms with van der Waals surface area (Å²) in [4.78, 5) is 10.0. The van der Waals surface area contributed by atoms with Gasteiger partial charge in [-0.3, -0.25) is 4.99 Å². The average molecular weight is 357 g/mol. The third-order valence-corrected chi connectivity index (χ3v) is 6.00. The van der Waals surface area contributed by atoms with Gasteiger partial charge in [0, 0.05) is 30.1 Å². The molecule has 5 heteroatoms. The standard InChI is InChI=1S/C20H28N4S/c1-15-7-6-8-17(11-15)20(9-4-5-10-20)14-24-19(21-3)23-13-18-22-12-16(2)25-18/h6-8,11-12H,4-5,9-10,13-14H2,1-3H3,(H2,21,23,24). The van der Waals surface area contributed by atoms with Crippen LogP contribution >= 0.6 is 11.3 Å². The number of hydrogen-bond donors (Lipinski definition) is 2. The van der Waals surface area contributed by atoms with Crippen molar-refractivity contribution >= 4 is 17.3 Å². The first-order valence-electron chi connectivity index (χ1n) is 9.04. The van der Waals surface area contributed by atoms with Gasteiger partial charge in [0.1, 0.15) is 5.01 Å². The molecule has 1 aliphatic carbocycles. The molecule has 25 heavy (non-hydrogen) atoms. The Morgan fingerprint density at radius 3 is 2.68 bits per heavy atom. The van der Waals surface area contributed by atoms with Gasteiger partial charge in [0.2, 0.25) is 0 Å². The number of thiazole rings is 1. The lowest BCUT2D eigenvalue weighted by Crippen LogP contribution is -2.44. The van der Waals surface area contributed by atoms with Crippen LogP contribution in [-0.4, -0.2) is 24.5 Å². The lowest BCUT2D eigenvalue weighted by Gasteiger charge is -2.31. The Morgan fingerprint density at radius 1 is 1.24 bits per heavy atom. The quantitative estimate of drug-likeness (QED) is 0.630. The normalized spacial score (nSPS) is 16.8. The highest BCUT2D eigenvalue weighted by atomic mass is 32.1. The molecule has 3 rings (SSSR count). The van der Waals surface area contributed by atoms with Crippen molar-refractivity contribution in [3.05, 3.63) is 51.5 Å². The van der Waals surface area contributed by atoms with E-state index in [9.17, 15) is 0 Å². The van der Waals surface area contributed by atoms with Crippen LogP contribution in [0.1, 0.15) is 46.7 Å².